The summed E-state index contributed by atoms with van der Waals surface area (Å²) in [7, 11) is 0. The van der Waals surface area contributed by atoms with Crippen LogP contribution in [0.1, 0.15) is 106 Å². The van der Waals surface area contributed by atoms with E-state index in [0.29, 0.717) is 5.57 Å². The number of alkyl carbamates (subject to hydrolysis) is 1. The molecule has 1 saturated heterocycles. The number of ether oxygens (including phenoxy) is 6. The Morgan fingerprint density at radius 2 is 1.67 bits per heavy atom. The molecule has 0 spiro atoms. The number of carbonyl (C=O) groups excluding carboxylic acids is 6. The van der Waals surface area contributed by atoms with Gasteiger partial charge < -0.3 is 44.0 Å². The molecule has 4 aliphatic rings. The smallest absolute Gasteiger partial charge is 0.408 e. The lowest BCUT2D eigenvalue weighted by atomic mass is 9.42. The highest BCUT2D eigenvalue weighted by Gasteiger charge is 2.91. The molecule has 3 N–H and O–H groups in total. The second kappa shape index (κ2) is 17.0. The minimum atomic E-state index is -2.34. The van der Waals surface area contributed by atoms with Gasteiger partial charge in [0, 0.05) is 25.7 Å². The molecule has 0 radical (unpaired) electrons. The molecule has 1 heterocycles. The number of aliphatic hydroxyl groups excluding tert-OH is 2. The third kappa shape index (κ3) is 8.08. The van der Waals surface area contributed by atoms with E-state index >= 15 is 4.79 Å². The number of rotatable bonds is 10. The number of esters is 4. The molecule has 2 saturated carbocycles. The van der Waals surface area contributed by atoms with E-state index in [2.05, 4.69) is 10.2 Å². The maximum atomic E-state index is 15.7. The van der Waals surface area contributed by atoms with Crippen LogP contribution in [0.5, 0.6) is 0 Å². The Kier molecular flexibility index (Phi) is 13.1. The van der Waals surface area contributed by atoms with E-state index in [1.165, 1.54) is 32.1 Å². The number of ketones is 1. The van der Waals surface area contributed by atoms with Crippen LogP contribution in [0.2, 0.25) is 0 Å². The maximum Gasteiger partial charge on any atom is 0.408 e. The number of aliphatic hydroxyl groups is 2. The number of benzene rings is 1. The van der Waals surface area contributed by atoms with E-state index in [1.807, 2.05) is 0 Å². The molecule has 1 aromatic carbocycles. The number of hydrogen-bond acceptors (Lipinski definition) is 14. The van der Waals surface area contributed by atoms with Crippen molar-refractivity contribution < 1.29 is 67.4 Å². The molecule has 3 fully saturated rings. The highest BCUT2D eigenvalue weighted by atomic mass is 16.6. The van der Waals surface area contributed by atoms with Crippen LogP contribution in [0, 0.1) is 23.3 Å². The topological polar surface area (TPSA) is 215 Å². The first-order valence-electron chi connectivity index (χ1n) is 20.5. The second-order valence-corrected chi connectivity index (χ2v) is 18.4. The largest absolute Gasteiger partial charge is 0.456 e. The van der Waals surface area contributed by atoms with E-state index in [9.17, 15) is 34.2 Å². The summed E-state index contributed by atoms with van der Waals surface area (Å²) in [5.41, 5.74) is -7.46. The van der Waals surface area contributed by atoms with Crippen molar-refractivity contribution in [3.05, 3.63) is 63.5 Å². The summed E-state index contributed by atoms with van der Waals surface area (Å²) >= 11 is 0. The maximum absolute atomic E-state index is 15.7. The first-order chi connectivity index (χ1) is 28.3. The zero-order valence-corrected chi connectivity index (χ0v) is 36.7. The number of nitrogens with zero attached hydrogens (tertiary/aromatic N) is 1. The number of fused-ring (bicyclic) bond motifs is 5. The zero-order valence-electron chi connectivity index (χ0n) is 36.7. The first kappa shape index (κ1) is 46.9. The number of carbonyl (C=O) groups is 6. The fourth-order valence-electron chi connectivity index (χ4n) is 9.82. The van der Waals surface area contributed by atoms with Gasteiger partial charge in [-0.3, -0.25) is 14.4 Å². The van der Waals surface area contributed by atoms with Crippen LogP contribution >= 0.6 is 0 Å². The summed E-state index contributed by atoms with van der Waals surface area (Å²) in [5.74, 6) is -5.62. The predicted octanol–water partition coefficient (Wildman–Crippen LogP) is 4.78. The van der Waals surface area contributed by atoms with Crippen molar-refractivity contribution in [2.75, 3.05) is 6.61 Å². The van der Waals surface area contributed by atoms with Gasteiger partial charge in [0.1, 0.15) is 23.2 Å². The number of allylic oxidation sites excluding steroid dienone is 1. The van der Waals surface area contributed by atoms with Crippen LogP contribution in [0.3, 0.4) is 0 Å². The van der Waals surface area contributed by atoms with E-state index in [0.717, 1.165) is 6.92 Å². The molecule has 16 nitrogen and oxygen atoms in total. The minimum Gasteiger partial charge on any atom is -0.456 e. The normalized spacial score (nSPS) is 32.3. The molecule has 5 rings (SSSR count). The fourth-order valence-corrected chi connectivity index (χ4v) is 9.82. The molecule has 2 bridgehead atoms. The average molecular weight is 852 g/mol. The second-order valence-electron chi connectivity index (χ2n) is 18.4. The van der Waals surface area contributed by atoms with Gasteiger partial charge in [-0.05, 0) is 83.6 Å². The lowest BCUT2D eigenvalue weighted by molar-refractivity contribution is -0.333. The van der Waals surface area contributed by atoms with Gasteiger partial charge in [-0.2, -0.15) is 0 Å². The standard InChI is InChI=1S/C45H58N2O14/c1-13-32(50)58-35-33-24(4)29(57-39(54)34(51)28(19-23(2)3)47-40(55)61-41(6,7)8)20-27(42(33,9)10)37(59-38(53)26-17-15-14-16-18-26)45(46-12)43(11,36(35)52)30(49)21-31-44(45,22-56-31)60-25(5)48/h12,14-19,27-31,34-35,37,49,51H,13,20-22H2,1-11H3/p+1/t27?,28-,29-,30-,31+,34+,35?,37+,43-,44-,45+/m0/s1. The van der Waals surface area contributed by atoms with Crippen molar-refractivity contribution in [3.63, 3.8) is 0 Å². The molecule has 1 amide bonds. The van der Waals surface area contributed by atoms with Crippen molar-refractivity contribution in [2.24, 2.45) is 16.7 Å². The van der Waals surface area contributed by atoms with Gasteiger partial charge >= 0.3 is 35.5 Å². The Hall–Kier alpha value is -5.11. The number of hydrogen-bond donors (Lipinski definition) is 3. The van der Waals surface area contributed by atoms with Gasteiger partial charge in [0.15, 0.2) is 24.1 Å². The predicted molar refractivity (Wildman–Crippen MR) is 218 cm³/mol. The Bertz CT molecular complexity index is 2040. The highest BCUT2D eigenvalue weighted by molar-refractivity contribution is 5.97. The Morgan fingerprint density at radius 3 is 2.20 bits per heavy atom. The van der Waals surface area contributed by atoms with Crippen LogP contribution in [0.15, 0.2) is 53.1 Å². The fraction of sp³-hybridized carbons (Fsp3) is 0.622. The molecule has 1 aliphatic heterocycles. The molecule has 332 valence electrons. The molecular weight excluding hydrogens is 792 g/mol. The van der Waals surface area contributed by atoms with Gasteiger partial charge in [-0.25, -0.2) is 14.4 Å². The molecule has 0 aromatic heterocycles. The van der Waals surface area contributed by atoms with Crippen LogP contribution in [-0.2, 0) is 47.6 Å². The summed E-state index contributed by atoms with van der Waals surface area (Å²) in [6.45, 7) is 23.7. The third-order valence-electron chi connectivity index (χ3n) is 12.7. The van der Waals surface area contributed by atoms with E-state index < -0.39 is 112 Å². The van der Waals surface area contributed by atoms with Gasteiger partial charge in [0.05, 0.1) is 24.3 Å². The van der Waals surface area contributed by atoms with Crippen molar-refractivity contribution >= 4 is 35.8 Å². The Morgan fingerprint density at radius 1 is 1.03 bits per heavy atom. The molecule has 3 aliphatic carbocycles. The van der Waals surface area contributed by atoms with Gasteiger partial charge in [0.25, 0.3) is 6.57 Å². The molecule has 16 heteroatoms. The number of amides is 1. The molecular formula is C45H59N2O14+. The van der Waals surface area contributed by atoms with Crippen LogP contribution in [-0.4, -0.2) is 112 Å². The summed E-state index contributed by atoms with van der Waals surface area (Å²) in [6.07, 6.45) is -9.46. The SMILES string of the molecule is C#[N+][C@]12[C@H](OC(=O)c3ccccc3)C3C[C@H](OC(=O)[C@H](O)[C@H](C=C(C)C)NC(=O)OC(C)(C)C)C(C)=C(C(OC(=O)CC)C(=O)[C@]1(C)[C@@H](O)C[C@H]1OC[C@]12OC(C)=O)C3(C)C. The summed E-state index contributed by atoms with van der Waals surface area (Å²) in [5, 5.41) is 26.3. The summed E-state index contributed by atoms with van der Waals surface area (Å²) < 4.78 is 36.1. The van der Waals surface area contributed by atoms with Crippen molar-refractivity contribution in [1.29, 1.82) is 0 Å². The average Bonchev–Trinajstić information content (AvgIpc) is 3.16. The summed E-state index contributed by atoms with van der Waals surface area (Å²) in [4.78, 5) is 88.0. The third-order valence-corrected chi connectivity index (χ3v) is 12.7. The lowest BCUT2D eigenvalue weighted by Gasteiger charge is -2.64. The van der Waals surface area contributed by atoms with Gasteiger partial charge in [0.2, 0.25) is 5.60 Å². The first-order valence-corrected chi connectivity index (χ1v) is 20.5. The van der Waals surface area contributed by atoms with Crippen molar-refractivity contribution in [3.8, 4) is 6.57 Å². The van der Waals surface area contributed by atoms with E-state index in [-0.39, 0.29) is 42.6 Å². The van der Waals surface area contributed by atoms with Crippen molar-refractivity contribution in [1.82, 2.24) is 5.32 Å². The minimum absolute atomic E-state index is 0.105. The van der Waals surface area contributed by atoms with E-state index in [1.54, 1.807) is 73.6 Å². The van der Waals surface area contributed by atoms with Crippen molar-refractivity contribution in [2.45, 2.75) is 155 Å². The van der Waals surface area contributed by atoms with Gasteiger partial charge in [-0.15, -0.1) is 0 Å². The zero-order chi connectivity index (χ0) is 45.6. The molecule has 1 aromatic rings. The van der Waals surface area contributed by atoms with Gasteiger partial charge in [-0.1, -0.05) is 55.5 Å². The Balaban J connectivity index is 1.77. The number of nitrogens with one attached hydrogen (secondary N) is 1. The molecule has 2 unspecified atom stereocenters. The van der Waals surface area contributed by atoms with E-state index in [4.69, 9.17) is 35.0 Å². The van der Waals surface area contributed by atoms with Crippen LogP contribution in [0.25, 0.3) is 4.85 Å². The quantitative estimate of drug-likeness (QED) is 0.164. The van der Waals surface area contributed by atoms with Crippen LogP contribution < -0.4 is 5.32 Å². The lowest BCUT2D eigenvalue weighted by Crippen LogP contribution is -2.87. The molecule has 61 heavy (non-hydrogen) atoms. The Labute approximate surface area is 356 Å². The van der Waals surface area contributed by atoms with Crippen LogP contribution in [0.4, 0.5) is 4.79 Å². The molecule has 11 atom stereocenters. The highest BCUT2D eigenvalue weighted by Crippen LogP contribution is 2.66. The summed E-state index contributed by atoms with van der Waals surface area (Å²) in [6, 6.07) is 6.65. The monoisotopic (exact) mass is 851 g/mol. The number of Topliss-reactive ketones (excluding diaryl/α,β-unsaturated/α-hetero) is 1.